The van der Waals surface area contributed by atoms with E-state index in [1.165, 1.54) is 16.7 Å². The van der Waals surface area contributed by atoms with Crippen LogP contribution in [0, 0.1) is 17.8 Å². The Kier molecular flexibility index (Phi) is 24.6. The number of Topliss-reactive ketones (excluding diaryl/α,β-unsaturated/α-hetero) is 1. The summed E-state index contributed by atoms with van der Waals surface area (Å²) < 4.78 is 27.4. The fourth-order valence-electron chi connectivity index (χ4n) is 5.97. The smallest absolute Gasteiger partial charge is 0.308 e. The fourth-order valence-corrected chi connectivity index (χ4v) is 5.97. The van der Waals surface area contributed by atoms with Crippen molar-refractivity contribution in [3.63, 3.8) is 0 Å². The summed E-state index contributed by atoms with van der Waals surface area (Å²) >= 11 is 0. The number of imide groups is 1. The lowest BCUT2D eigenvalue weighted by Crippen LogP contribution is -2.53. The van der Waals surface area contributed by atoms with Crippen LogP contribution in [-0.4, -0.2) is 136 Å². The number of rotatable bonds is 30. The fraction of sp³-hybridized carbons (Fsp3) is 0.644. The number of benzene rings is 1. The summed E-state index contributed by atoms with van der Waals surface area (Å²) in [6, 6.07) is 3.07. The molecule has 3 N–H and O–H groups in total. The monoisotopic (exact) mass is 887 g/mol. The Morgan fingerprint density at radius 1 is 0.810 bits per heavy atom. The van der Waals surface area contributed by atoms with E-state index in [-0.39, 0.29) is 139 Å². The molecule has 2 rings (SSSR count). The maximum Gasteiger partial charge on any atom is 0.308 e. The molecule has 1 aromatic rings. The molecule has 0 saturated carbocycles. The predicted octanol–water partition coefficient (Wildman–Crippen LogP) is 3.10. The Morgan fingerprint density at radius 3 is 1.98 bits per heavy atom. The van der Waals surface area contributed by atoms with Crippen molar-refractivity contribution >= 4 is 52.9 Å². The van der Waals surface area contributed by atoms with Crippen molar-refractivity contribution in [1.82, 2.24) is 20.4 Å². The Morgan fingerprint density at radius 2 is 1.41 bits per heavy atom. The first kappa shape index (κ1) is 54.1. The highest BCUT2D eigenvalue weighted by Gasteiger charge is 2.35. The van der Waals surface area contributed by atoms with E-state index in [9.17, 15) is 38.4 Å². The number of hydrogen-bond acceptors (Lipinski definition) is 13. The van der Waals surface area contributed by atoms with E-state index >= 15 is 0 Å². The Balaban J connectivity index is 1.87. The second-order valence-corrected chi connectivity index (χ2v) is 16.1. The van der Waals surface area contributed by atoms with E-state index < -0.39 is 35.8 Å². The van der Waals surface area contributed by atoms with Gasteiger partial charge in [0.15, 0.2) is 5.78 Å². The van der Waals surface area contributed by atoms with Crippen LogP contribution in [0.4, 0.5) is 5.69 Å². The molecule has 1 aromatic carbocycles. The van der Waals surface area contributed by atoms with Gasteiger partial charge in [-0.1, -0.05) is 46.8 Å². The van der Waals surface area contributed by atoms with Crippen LogP contribution in [-0.2, 0) is 75.2 Å². The van der Waals surface area contributed by atoms with Gasteiger partial charge in [0.1, 0.15) is 18.7 Å². The summed E-state index contributed by atoms with van der Waals surface area (Å²) in [6.45, 7) is 15.7. The van der Waals surface area contributed by atoms with Crippen molar-refractivity contribution in [2.75, 3.05) is 71.8 Å². The molecule has 0 radical (unpaired) electrons. The number of anilines is 1. The van der Waals surface area contributed by atoms with Gasteiger partial charge in [-0.2, -0.15) is 0 Å². The van der Waals surface area contributed by atoms with Crippen molar-refractivity contribution < 1.29 is 62.0 Å². The third-order valence-electron chi connectivity index (χ3n) is 10.1. The Bertz CT molecular complexity index is 1750. The summed E-state index contributed by atoms with van der Waals surface area (Å²) in [6.07, 6.45) is 2.33. The first-order valence-electron chi connectivity index (χ1n) is 21.6. The number of amides is 6. The summed E-state index contributed by atoms with van der Waals surface area (Å²) in [7, 11) is 1.63. The third kappa shape index (κ3) is 19.9. The van der Waals surface area contributed by atoms with Gasteiger partial charge in [-0.15, -0.1) is 0 Å². The molecule has 0 spiro atoms. The standard InChI is InChI=1S/C45H69N5O13/c1-10-31(6)37(51)13-17-59-21-22-61-19-15-39(53)49(9)27-35-26-36(12-11-34(35)28-63-45(58)30(4)5)47-42(55)33(8)46-43(56)41(29(2)3)48-38(52)14-18-60-23-24-62-20-16-50-40(54)25-32(7)44(50)57/h10-12,26,29-30,32-33,41H,13-25,27-28H2,1-9H3,(H,46,56)(H,47,55)(H,48,52)/t32?,33-,41?/m0/s1. The molecule has 2 unspecified atom stereocenters. The van der Waals surface area contributed by atoms with E-state index in [2.05, 4.69) is 16.0 Å². The summed E-state index contributed by atoms with van der Waals surface area (Å²) in [5, 5.41) is 8.18. The lowest BCUT2D eigenvalue weighted by molar-refractivity contribution is -0.148. The number of hydrogen-bond donors (Lipinski definition) is 3. The minimum Gasteiger partial charge on any atom is -0.461 e. The number of nitrogens with one attached hydrogen (secondary N) is 3. The molecule has 3 atom stereocenters. The molecule has 1 aliphatic heterocycles. The van der Waals surface area contributed by atoms with Crippen molar-refractivity contribution in [1.29, 1.82) is 0 Å². The second kappa shape index (κ2) is 28.6. The number of nitrogens with zero attached hydrogens (tertiary/aromatic N) is 2. The van der Waals surface area contributed by atoms with Gasteiger partial charge < -0.3 is 44.5 Å². The molecule has 1 saturated heterocycles. The van der Waals surface area contributed by atoms with E-state index in [0.717, 1.165) is 0 Å². The molecule has 1 heterocycles. The van der Waals surface area contributed by atoms with Gasteiger partial charge in [-0.05, 0) is 55.5 Å². The van der Waals surface area contributed by atoms with Crippen LogP contribution in [0.5, 0.6) is 0 Å². The maximum absolute atomic E-state index is 13.3. The molecule has 6 amide bonds. The average molecular weight is 888 g/mol. The summed E-state index contributed by atoms with van der Waals surface area (Å²) in [4.78, 5) is 103. The van der Waals surface area contributed by atoms with Crippen LogP contribution >= 0.6 is 0 Å². The molecular weight excluding hydrogens is 819 g/mol. The van der Waals surface area contributed by atoms with Gasteiger partial charge in [0, 0.05) is 44.5 Å². The highest BCUT2D eigenvalue weighted by atomic mass is 16.5. The summed E-state index contributed by atoms with van der Waals surface area (Å²) in [5.41, 5.74) is 2.33. The van der Waals surface area contributed by atoms with Crippen LogP contribution < -0.4 is 16.0 Å². The minimum atomic E-state index is -1.00. The van der Waals surface area contributed by atoms with Crippen LogP contribution in [0.1, 0.15) is 92.2 Å². The molecule has 352 valence electrons. The highest BCUT2D eigenvalue weighted by Crippen LogP contribution is 2.21. The largest absolute Gasteiger partial charge is 0.461 e. The van der Waals surface area contributed by atoms with Crippen LogP contribution in [0.15, 0.2) is 29.8 Å². The number of carbonyl (C=O) groups is 8. The van der Waals surface area contributed by atoms with Crippen molar-refractivity contribution in [3.8, 4) is 0 Å². The average Bonchev–Trinajstić information content (AvgIpc) is 3.48. The second-order valence-electron chi connectivity index (χ2n) is 16.1. The molecule has 1 aliphatic rings. The molecule has 18 heteroatoms. The predicted molar refractivity (Wildman–Crippen MR) is 233 cm³/mol. The molecule has 1 fully saturated rings. The van der Waals surface area contributed by atoms with Crippen LogP contribution in [0.3, 0.4) is 0 Å². The number of esters is 1. The zero-order chi connectivity index (χ0) is 47.1. The molecule has 63 heavy (non-hydrogen) atoms. The van der Waals surface area contributed by atoms with E-state index in [1.807, 2.05) is 6.92 Å². The molecule has 0 aliphatic carbocycles. The van der Waals surface area contributed by atoms with Crippen molar-refractivity contribution in [2.24, 2.45) is 17.8 Å². The van der Waals surface area contributed by atoms with Gasteiger partial charge in [0.05, 0.1) is 71.7 Å². The molecule has 0 bridgehead atoms. The quantitative estimate of drug-likeness (QED) is 0.0438. The first-order valence-corrected chi connectivity index (χ1v) is 21.6. The van der Waals surface area contributed by atoms with Crippen molar-refractivity contribution in [2.45, 2.75) is 106 Å². The number of ketones is 1. The number of allylic oxidation sites excluding steroid dienone is 2. The number of carbonyl (C=O) groups excluding carboxylic acids is 8. The minimum absolute atomic E-state index is 0.0252. The zero-order valence-corrected chi connectivity index (χ0v) is 38.5. The molecular formula is C45H69N5O13. The highest BCUT2D eigenvalue weighted by molar-refractivity contribution is 6.03. The van der Waals surface area contributed by atoms with Crippen LogP contribution in [0.2, 0.25) is 0 Å². The number of ether oxygens (including phenoxy) is 5. The number of likely N-dealkylation sites (tertiary alicyclic amines) is 1. The maximum atomic E-state index is 13.3. The SMILES string of the molecule is CC=C(C)C(=O)CCOCCOCCC(=O)N(C)Cc1cc(NC(=O)[C@H](C)NC(=O)C(NC(=O)CCOCCOCCN2C(=O)CC(C)C2=O)C(C)C)ccc1COC(=O)C(C)C. The van der Waals surface area contributed by atoms with Gasteiger partial charge in [0.2, 0.25) is 35.4 Å². The van der Waals surface area contributed by atoms with Crippen LogP contribution in [0.25, 0.3) is 0 Å². The lowest BCUT2D eigenvalue weighted by Gasteiger charge is -2.24. The Hall–Kier alpha value is -5.04. The van der Waals surface area contributed by atoms with Gasteiger partial charge in [-0.3, -0.25) is 43.3 Å². The van der Waals surface area contributed by atoms with Crippen molar-refractivity contribution in [3.05, 3.63) is 41.0 Å². The van der Waals surface area contributed by atoms with E-state index in [0.29, 0.717) is 22.4 Å². The Labute approximate surface area is 371 Å². The van der Waals surface area contributed by atoms with Gasteiger partial charge in [0.25, 0.3) is 0 Å². The lowest BCUT2D eigenvalue weighted by atomic mass is 10.0. The van der Waals surface area contributed by atoms with Gasteiger partial charge in [-0.25, -0.2) is 0 Å². The van der Waals surface area contributed by atoms with E-state index in [1.54, 1.807) is 72.9 Å². The third-order valence-corrected chi connectivity index (χ3v) is 10.1. The normalized spacial score (nSPS) is 15.1. The zero-order valence-electron chi connectivity index (χ0n) is 38.5. The molecule has 18 nitrogen and oxygen atoms in total. The molecule has 0 aromatic heterocycles. The summed E-state index contributed by atoms with van der Waals surface area (Å²) in [5.74, 6) is -3.44. The van der Waals surface area contributed by atoms with E-state index in [4.69, 9.17) is 23.7 Å². The topological polar surface area (TPSA) is 225 Å². The first-order chi connectivity index (χ1) is 29.9. The van der Waals surface area contributed by atoms with Gasteiger partial charge >= 0.3 is 5.97 Å².